The molecule has 0 radical (unpaired) electrons. The first-order chi connectivity index (χ1) is 4.27. The first kappa shape index (κ1) is 5.48. The summed E-state index contributed by atoms with van der Waals surface area (Å²) in [7, 11) is 0. The summed E-state index contributed by atoms with van der Waals surface area (Å²) in [6.07, 6.45) is 2.39. The maximum absolute atomic E-state index is 2.53. The molecule has 1 nitrogen and oxygen atoms in total. The van der Waals surface area contributed by atoms with Gasteiger partial charge in [0, 0.05) is 25.0 Å². The number of likely N-dealkylation sites (tertiary alicyclic amines) is 1. The van der Waals surface area contributed by atoms with Crippen LogP contribution in [0.25, 0.3) is 0 Å². The van der Waals surface area contributed by atoms with Gasteiger partial charge in [0.1, 0.15) is 0 Å². The van der Waals surface area contributed by atoms with Crippen LogP contribution in [0.4, 0.5) is 0 Å². The van der Waals surface area contributed by atoms with Crippen molar-refractivity contribution >= 4 is 0 Å². The summed E-state index contributed by atoms with van der Waals surface area (Å²) < 4.78 is 0. The Balaban J connectivity index is 1.96. The van der Waals surface area contributed by atoms with Gasteiger partial charge in [-0.1, -0.05) is 11.6 Å². The maximum Gasteiger partial charge on any atom is 0.0202 e. The van der Waals surface area contributed by atoms with E-state index >= 15 is 0 Å². The summed E-state index contributed by atoms with van der Waals surface area (Å²) in [5, 5.41) is 0. The highest BCUT2D eigenvalue weighted by Gasteiger charge is 2.35. The lowest BCUT2D eigenvalue weighted by molar-refractivity contribution is 0.270. The molecule has 0 N–H and O–H groups in total. The molecule has 50 valence electrons. The smallest absolute Gasteiger partial charge is 0.0202 e. The molecule has 0 aromatic rings. The zero-order valence-corrected chi connectivity index (χ0v) is 6.09. The third kappa shape index (κ3) is 0.799. The van der Waals surface area contributed by atoms with E-state index in [-0.39, 0.29) is 0 Å². The molecule has 1 atom stereocenters. The monoisotopic (exact) mass is 123 g/mol. The lowest BCUT2D eigenvalue weighted by Crippen LogP contribution is -2.28. The third-order valence-corrected chi connectivity index (χ3v) is 2.33. The molecule has 9 heavy (non-hydrogen) atoms. The molecule has 1 aliphatic heterocycles. The van der Waals surface area contributed by atoms with E-state index in [0.717, 1.165) is 12.0 Å². The van der Waals surface area contributed by atoms with Gasteiger partial charge in [0.05, 0.1) is 0 Å². The lowest BCUT2D eigenvalue weighted by Gasteiger charge is -2.19. The van der Waals surface area contributed by atoms with E-state index in [1.54, 1.807) is 5.57 Å². The zero-order chi connectivity index (χ0) is 6.43. The third-order valence-electron chi connectivity index (χ3n) is 2.33. The Bertz CT molecular complexity index is 158. The van der Waals surface area contributed by atoms with Gasteiger partial charge in [0.15, 0.2) is 0 Å². The Kier molecular flexibility index (Phi) is 0.974. The molecular weight excluding hydrogens is 110 g/mol. The van der Waals surface area contributed by atoms with Gasteiger partial charge in [0.2, 0.25) is 0 Å². The van der Waals surface area contributed by atoms with Crippen LogP contribution >= 0.6 is 0 Å². The molecule has 1 saturated heterocycles. The van der Waals surface area contributed by atoms with Crippen molar-refractivity contribution in [3.05, 3.63) is 11.6 Å². The van der Waals surface area contributed by atoms with Crippen molar-refractivity contribution in [3.8, 4) is 0 Å². The van der Waals surface area contributed by atoms with Gasteiger partial charge >= 0.3 is 0 Å². The zero-order valence-electron chi connectivity index (χ0n) is 6.09. The second kappa shape index (κ2) is 1.60. The predicted octanol–water partition coefficient (Wildman–Crippen LogP) is 1.27. The van der Waals surface area contributed by atoms with Gasteiger partial charge in [0.25, 0.3) is 0 Å². The van der Waals surface area contributed by atoms with E-state index in [0.29, 0.717) is 0 Å². The number of rotatable bonds is 1. The highest BCUT2D eigenvalue weighted by Crippen LogP contribution is 2.37. The first-order valence-electron chi connectivity index (χ1n) is 3.72. The fourth-order valence-corrected chi connectivity index (χ4v) is 1.50. The van der Waals surface area contributed by atoms with Crippen LogP contribution in [0, 0.1) is 5.92 Å². The van der Waals surface area contributed by atoms with Gasteiger partial charge in [-0.15, -0.1) is 0 Å². The van der Waals surface area contributed by atoms with Crippen molar-refractivity contribution in [1.82, 2.24) is 4.90 Å². The minimum atomic E-state index is 0.749. The summed E-state index contributed by atoms with van der Waals surface area (Å²) in [5.41, 5.74) is 1.68. The standard InChI is InChI=1S/C8H13N/c1-6(2)9-4-7-3-8(7)5-9/h3,6-7H,4-5H2,1-2H3. The van der Waals surface area contributed by atoms with Gasteiger partial charge in [-0.25, -0.2) is 0 Å². The number of nitrogens with zero attached hydrogens (tertiary/aromatic N) is 1. The topological polar surface area (TPSA) is 3.24 Å². The van der Waals surface area contributed by atoms with Crippen molar-refractivity contribution in [3.63, 3.8) is 0 Å². The van der Waals surface area contributed by atoms with Crippen LogP contribution < -0.4 is 0 Å². The van der Waals surface area contributed by atoms with E-state index < -0.39 is 0 Å². The molecule has 0 bridgehead atoms. The van der Waals surface area contributed by atoms with Crippen LogP contribution in [0.1, 0.15) is 13.8 Å². The second-order valence-corrected chi connectivity index (χ2v) is 3.37. The van der Waals surface area contributed by atoms with Gasteiger partial charge < -0.3 is 0 Å². The fraction of sp³-hybridized carbons (Fsp3) is 0.750. The van der Waals surface area contributed by atoms with Crippen molar-refractivity contribution in [1.29, 1.82) is 0 Å². The van der Waals surface area contributed by atoms with E-state index in [1.165, 1.54) is 13.1 Å². The molecule has 1 heteroatoms. The molecule has 0 spiro atoms. The number of hydrogen-bond acceptors (Lipinski definition) is 1. The van der Waals surface area contributed by atoms with Gasteiger partial charge in [-0.05, 0) is 13.8 Å². The Morgan fingerprint density at radius 1 is 1.67 bits per heavy atom. The quantitative estimate of drug-likeness (QED) is 0.474. The Morgan fingerprint density at radius 2 is 2.44 bits per heavy atom. The summed E-state index contributed by atoms with van der Waals surface area (Å²) in [6.45, 7) is 7.09. The molecule has 1 aliphatic carbocycles. The highest BCUT2D eigenvalue weighted by atomic mass is 15.2. The van der Waals surface area contributed by atoms with Crippen LogP contribution in [-0.4, -0.2) is 24.0 Å². The van der Waals surface area contributed by atoms with Crippen molar-refractivity contribution < 1.29 is 0 Å². The molecular formula is C8H13N. The molecule has 2 aliphatic rings. The second-order valence-electron chi connectivity index (χ2n) is 3.37. The average molecular weight is 123 g/mol. The Morgan fingerprint density at radius 3 is 2.78 bits per heavy atom. The fourth-order valence-electron chi connectivity index (χ4n) is 1.50. The first-order valence-corrected chi connectivity index (χ1v) is 3.72. The van der Waals surface area contributed by atoms with E-state index in [9.17, 15) is 0 Å². The highest BCUT2D eigenvalue weighted by molar-refractivity contribution is 5.35. The summed E-state index contributed by atoms with van der Waals surface area (Å²) in [6, 6.07) is 0.749. The van der Waals surface area contributed by atoms with Crippen molar-refractivity contribution in [2.75, 3.05) is 13.1 Å². The van der Waals surface area contributed by atoms with Crippen molar-refractivity contribution in [2.45, 2.75) is 19.9 Å². The molecule has 0 amide bonds. The molecule has 0 aromatic carbocycles. The summed E-state index contributed by atoms with van der Waals surface area (Å²) in [5.74, 6) is 0.896. The van der Waals surface area contributed by atoms with Crippen LogP contribution in [-0.2, 0) is 0 Å². The lowest BCUT2D eigenvalue weighted by atomic mass is 10.3. The van der Waals surface area contributed by atoms with Crippen molar-refractivity contribution in [2.24, 2.45) is 5.92 Å². The minimum Gasteiger partial charge on any atom is -0.296 e. The molecule has 0 aromatic heterocycles. The van der Waals surface area contributed by atoms with Crippen LogP contribution in [0.15, 0.2) is 11.6 Å². The van der Waals surface area contributed by atoms with E-state index in [4.69, 9.17) is 0 Å². The minimum absolute atomic E-state index is 0.749. The number of fused-ring (bicyclic) bond motifs is 1. The van der Waals surface area contributed by atoms with Crippen LogP contribution in [0.3, 0.4) is 0 Å². The molecule has 1 unspecified atom stereocenters. The van der Waals surface area contributed by atoms with Gasteiger partial charge in [-0.3, -0.25) is 4.90 Å². The van der Waals surface area contributed by atoms with Crippen LogP contribution in [0.2, 0.25) is 0 Å². The van der Waals surface area contributed by atoms with E-state index in [1.807, 2.05) is 0 Å². The number of hydrogen-bond donors (Lipinski definition) is 0. The SMILES string of the molecule is CC(C)N1CC2=CC2C1. The Labute approximate surface area is 56.4 Å². The van der Waals surface area contributed by atoms with Crippen LogP contribution in [0.5, 0.6) is 0 Å². The van der Waals surface area contributed by atoms with Gasteiger partial charge in [-0.2, -0.15) is 0 Å². The summed E-state index contributed by atoms with van der Waals surface area (Å²) >= 11 is 0. The molecule has 0 saturated carbocycles. The largest absolute Gasteiger partial charge is 0.296 e. The molecule has 1 heterocycles. The summed E-state index contributed by atoms with van der Waals surface area (Å²) in [4.78, 5) is 2.53. The maximum atomic E-state index is 2.53. The van der Waals surface area contributed by atoms with E-state index in [2.05, 4.69) is 24.8 Å². The molecule has 2 rings (SSSR count). The molecule has 1 fully saturated rings. The average Bonchev–Trinajstić information content (AvgIpc) is 2.40. The Hall–Kier alpha value is -0.300. The predicted molar refractivity (Wildman–Crippen MR) is 38.3 cm³/mol. The normalized spacial score (nSPS) is 32.8.